The molecule has 8 heteroatoms. The molecule has 0 aliphatic heterocycles. The smallest absolute Gasteiger partial charge is 0.408 e. The van der Waals surface area contributed by atoms with Gasteiger partial charge in [0.1, 0.15) is 17.7 Å². The van der Waals surface area contributed by atoms with E-state index in [9.17, 15) is 14.4 Å². The highest BCUT2D eigenvalue weighted by Crippen LogP contribution is 2.10. The van der Waals surface area contributed by atoms with Crippen LogP contribution in [0.5, 0.6) is 0 Å². The van der Waals surface area contributed by atoms with E-state index >= 15 is 0 Å². The molecule has 0 saturated carbocycles. The number of nitrogens with one attached hydrogen (secondary N) is 2. The molecule has 0 heterocycles. The zero-order valence-corrected chi connectivity index (χ0v) is 17.1. The van der Waals surface area contributed by atoms with Crippen LogP contribution < -0.4 is 10.6 Å². The van der Waals surface area contributed by atoms with Crippen molar-refractivity contribution in [2.45, 2.75) is 65.1 Å². The Labute approximate surface area is 155 Å². The number of alkyl carbamates (subject to hydrolysis) is 1. The molecule has 0 unspecified atom stereocenters. The van der Waals surface area contributed by atoms with Crippen LogP contribution in [0.1, 0.15) is 47.5 Å². The first kappa shape index (κ1) is 23.6. The maximum absolute atomic E-state index is 12.6. The molecular formula is C17H32N2O5S. The van der Waals surface area contributed by atoms with Gasteiger partial charge in [0.2, 0.25) is 5.91 Å². The Morgan fingerprint density at radius 3 is 2.12 bits per heavy atom. The molecule has 0 aliphatic rings. The van der Waals surface area contributed by atoms with Crippen LogP contribution in [-0.4, -0.2) is 54.8 Å². The summed E-state index contributed by atoms with van der Waals surface area (Å²) < 4.78 is 9.96. The SMILES string of the molecule is COC(=O)[C@@H](CCSC)NC(=O)[C@H](CC(C)C)NC(=O)OC(C)(C)C. The minimum Gasteiger partial charge on any atom is -0.467 e. The second kappa shape index (κ2) is 11.2. The Morgan fingerprint density at radius 2 is 1.68 bits per heavy atom. The predicted octanol–water partition coefficient (Wildman–Crippen LogP) is 2.34. The molecule has 2 atom stereocenters. The molecule has 0 saturated heterocycles. The number of hydrogen-bond acceptors (Lipinski definition) is 6. The van der Waals surface area contributed by atoms with Gasteiger partial charge in [-0.05, 0) is 51.5 Å². The van der Waals surface area contributed by atoms with Crippen LogP contribution in [0.4, 0.5) is 4.79 Å². The Hall–Kier alpha value is -1.44. The first-order valence-electron chi connectivity index (χ1n) is 8.36. The Kier molecular flexibility index (Phi) is 10.6. The van der Waals surface area contributed by atoms with Gasteiger partial charge in [-0.3, -0.25) is 4.79 Å². The topological polar surface area (TPSA) is 93.7 Å². The van der Waals surface area contributed by atoms with E-state index in [-0.39, 0.29) is 5.92 Å². The number of hydrogen-bond donors (Lipinski definition) is 2. The number of esters is 1. The van der Waals surface area contributed by atoms with Crippen LogP contribution in [0.3, 0.4) is 0 Å². The van der Waals surface area contributed by atoms with E-state index in [1.54, 1.807) is 32.5 Å². The number of carbonyl (C=O) groups excluding carboxylic acids is 3. The van der Waals surface area contributed by atoms with Crippen LogP contribution in [0.25, 0.3) is 0 Å². The molecule has 25 heavy (non-hydrogen) atoms. The highest BCUT2D eigenvalue weighted by atomic mass is 32.2. The second-order valence-electron chi connectivity index (χ2n) is 7.19. The van der Waals surface area contributed by atoms with Crippen LogP contribution in [0, 0.1) is 5.92 Å². The summed E-state index contributed by atoms with van der Waals surface area (Å²) in [4.78, 5) is 36.4. The van der Waals surface area contributed by atoms with Gasteiger partial charge in [0, 0.05) is 0 Å². The minimum absolute atomic E-state index is 0.175. The first-order chi connectivity index (χ1) is 11.5. The van der Waals surface area contributed by atoms with Crippen molar-refractivity contribution in [1.29, 1.82) is 0 Å². The van der Waals surface area contributed by atoms with Gasteiger partial charge in [0.15, 0.2) is 0 Å². The van der Waals surface area contributed by atoms with E-state index in [2.05, 4.69) is 10.6 Å². The van der Waals surface area contributed by atoms with Gasteiger partial charge in [0.25, 0.3) is 0 Å². The number of carbonyl (C=O) groups is 3. The quantitative estimate of drug-likeness (QED) is 0.600. The summed E-state index contributed by atoms with van der Waals surface area (Å²) in [5.41, 5.74) is -0.657. The van der Waals surface area contributed by atoms with E-state index < -0.39 is 35.7 Å². The fourth-order valence-electron chi connectivity index (χ4n) is 2.05. The van der Waals surface area contributed by atoms with Crippen molar-refractivity contribution in [2.75, 3.05) is 19.1 Å². The molecule has 7 nitrogen and oxygen atoms in total. The molecule has 0 aromatic rings. The van der Waals surface area contributed by atoms with Gasteiger partial charge in [-0.1, -0.05) is 13.8 Å². The lowest BCUT2D eigenvalue weighted by atomic mass is 10.0. The zero-order valence-electron chi connectivity index (χ0n) is 16.3. The molecule has 0 radical (unpaired) electrons. The standard InChI is InChI=1S/C17H32N2O5S/c1-11(2)10-13(19-16(22)24-17(3,4)5)14(20)18-12(8-9-25-7)15(21)23-6/h11-13H,8-10H2,1-7H3,(H,18,20)(H,19,22)/t12-,13+/m1/s1. The van der Waals surface area contributed by atoms with E-state index in [0.29, 0.717) is 18.6 Å². The zero-order chi connectivity index (χ0) is 19.6. The molecule has 0 spiro atoms. The molecule has 0 rings (SSSR count). The number of methoxy groups -OCH3 is 1. The molecule has 0 aliphatic carbocycles. The third-order valence-corrected chi connectivity index (χ3v) is 3.77. The fraction of sp³-hybridized carbons (Fsp3) is 0.824. The number of amides is 2. The molecule has 0 bridgehead atoms. The average Bonchev–Trinajstić information content (AvgIpc) is 2.47. The maximum Gasteiger partial charge on any atom is 0.408 e. The molecular weight excluding hydrogens is 344 g/mol. The molecule has 0 aromatic carbocycles. The lowest BCUT2D eigenvalue weighted by Gasteiger charge is -2.25. The van der Waals surface area contributed by atoms with Crippen molar-refractivity contribution in [3.63, 3.8) is 0 Å². The van der Waals surface area contributed by atoms with Crippen molar-refractivity contribution in [2.24, 2.45) is 5.92 Å². The van der Waals surface area contributed by atoms with Crippen molar-refractivity contribution in [3.8, 4) is 0 Å². The number of rotatable bonds is 9. The van der Waals surface area contributed by atoms with Gasteiger partial charge >= 0.3 is 12.1 Å². The van der Waals surface area contributed by atoms with E-state index in [0.717, 1.165) is 0 Å². The van der Waals surface area contributed by atoms with Gasteiger partial charge < -0.3 is 20.1 Å². The van der Waals surface area contributed by atoms with Crippen LogP contribution in [0.2, 0.25) is 0 Å². The summed E-state index contributed by atoms with van der Waals surface area (Å²) in [6.45, 7) is 9.14. The first-order valence-corrected chi connectivity index (χ1v) is 9.76. The Bertz CT molecular complexity index is 449. The Morgan fingerprint density at radius 1 is 1.08 bits per heavy atom. The van der Waals surface area contributed by atoms with Gasteiger partial charge in [-0.2, -0.15) is 11.8 Å². The van der Waals surface area contributed by atoms with E-state index in [1.807, 2.05) is 20.1 Å². The molecule has 0 aromatic heterocycles. The largest absolute Gasteiger partial charge is 0.467 e. The van der Waals surface area contributed by atoms with E-state index in [1.165, 1.54) is 7.11 Å². The maximum atomic E-state index is 12.6. The summed E-state index contributed by atoms with van der Waals surface area (Å²) in [5.74, 6) is -0.0403. The van der Waals surface area contributed by atoms with Gasteiger partial charge in [-0.15, -0.1) is 0 Å². The van der Waals surface area contributed by atoms with Gasteiger partial charge in [-0.25, -0.2) is 9.59 Å². The summed E-state index contributed by atoms with van der Waals surface area (Å²) >= 11 is 1.57. The highest BCUT2D eigenvalue weighted by molar-refractivity contribution is 7.98. The van der Waals surface area contributed by atoms with E-state index in [4.69, 9.17) is 9.47 Å². The summed E-state index contributed by atoms with van der Waals surface area (Å²) in [6.07, 6.45) is 2.15. The summed E-state index contributed by atoms with van der Waals surface area (Å²) in [6, 6.07) is -1.52. The van der Waals surface area contributed by atoms with Crippen LogP contribution >= 0.6 is 11.8 Å². The predicted molar refractivity (Wildman–Crippen MR) is 99.6 cm³/mol. The van der Waals surface area contributed by atoms with Crippen LogP contribution in [0.15, 0.2) is 0 Å². The van der Waals surface area contributed by atoms with Crippen molar-refractivity contribution in [3.05, 3.63) is 0 Å². The highest BCUT2D eigenvalue weighted by Gasteiger charge is 2.29. The normalized spacial score (nSPS) is 13.8. The monoisotopic (exact) mass is 376 g/mol. The second-order valence-corrected chi connectivity index (χ2v) is 8.18. The van der Waals surface area contributed by atoms with Crippen LogP contribution in [-0.2, 0) is 19.1 Å². The summed E-state index contributed by atoms with van der Waals surface area (Å²) in [5, 5.41) is 5.27. The lowest BCUT2D eigenvalue weighted by molar-refractivity contribution is -0.145. The molecule has 2 N–H and O–H groups in total. The summed E-state index contributed by atoms with van der Waals surface area (Å²) in [7, 11) is 1.28. The van der Waals surface area contributed by atoms with Crippen molar-refractivity contribution < 1.29 is 23.9 Å². The lowest BCUT2D eigenvalue weighted by Crippen LogP contribution is -2.53. The minimum atomic E-state index is -0.781. The number of thioether (sulfide) groups is 1. The number of ether oxygens (including phenoxy) is 2. The van der Waals surface area contributed by atoms with Crippen molar-refractivity contribution in [1.82, 2.24) is 10.6 Å². The fourth-order valence-corrected chi connectivity index (χ4v) is 2.52. The van der Waals surface area contributed by atoms with Gasteiger partial charge in [0.05, 0.1) is 7.11 Å². The third kappa shape index (κ3) is 10.9. The Balaban J connectivity index is 5.01. The molecule has 0 fully saturated rings. The van der Waals surface area contributed by atoms with Crippen molar-refractivity contribution >= 4 is 29.7 Å². The third-order valence-electron chi connectivity index (χ3n) is 3.13. The molecule has 2 amide bonds. The molecule has 146 valence electrons. The average molecular weight is 377 g/mol.